The quantitative estimate of drug-likeness (QED) is 0.859. The van der Waals surface area contributed by atoms with Gasteiger partial charge >= 0.3 is 0 Å². The van der Waals surface area contributed by atoms with E-state index in [0.29, 0.717) is 6.04 Å². The number of aliphatic imine (C=N–C) groups is 1. The van der Waals surface area contributed by atoms with E-state index in [4.69, 9.17) is 0 Å². The highest BCUT2D eigenvalue weighted by Crippen LogP contribution is 2.19. The Bertz CT molecular complexity index is 332. The Kier molecular flexibility index (Phi) is 3.70. The fourth-order valence-electron chi connectivity index (χ4n) is 1.37. The molecule has 0 amide bonds. The Labute approximate surface area is 99.2 Å². The van der Waals surface area contributed by atoms with Gasteiger partial charge in [0.05, 0.1) is 6.54 Å². The van der Waals surface area contributed by atoms with Gasteiger partial charge in [-0.15, -0.1) is 0 Å². The molecule has 2 atom stereocenters. The van der Waals surface area contributed by atoms with Gasteiger partial charge in [-0.05, 0) is 35.2 Å². The zero-order chi connectivity index (χ0) is 10.7. The molecule has 1 aliphatic rings. The van der Waals surface area contributed by atoms with Gasteiger partial charge in [0.15, 0.2) is 5.17 Å². The zero-order valence-corrected chi connectivity index (χ0v) is 10.7. The summed E-state index contributed by atoms with van der Waals surface area (Å²) in [7, 11) is 0. The maximum absolute atomic E-state index is 4.59. The van der Waals surface area contributed by atoms with Crippen molar-refractivity contribution in [2.75, 3.05) is 5.75 Å². The standard InChI is InChI=1S/C11H16N2S2/c1-8-6-15-11(13-9(8)2)12-5-10-3-4-14-7-10/h3-4,7-9H,5-6H2,1-2H3,(H,12,13). The summed E-state index contributed by atoms with van der Waals surface area (Å²) in [6, 6.07) is 2.68. The second-order valence-electron chi connectivity index (χ2n) is 3.97. The molecule has 2 rings (SSSR count). The highest BCUT2D eigenvalue weighted by molar-refractivity contribution is 8.13. The monoisotopic (exact) mass is 240 g/mol. The molecule has 15 heavy (non-hydrogen) atoms. The smallest absolute Gasteiger partial charge is 0.157 e. The van der Waals surface area contributed by atoms with E-state index in [1.54, 1.807) is 11.3 Å². The summed E-state index contributed by atoms with van der Waals surface area (Å²) in [5.74, 6) is 1.91. The summed E-state index contributed by atoms with van der Waals surface area (Å²) in [6.07, 6.45) is 0. The third-order valence-corrected chi connectivity index (χ3v) is 4.62. The average Bonchev–Trinajstić information content (AvgIpc) is 2.73. The SMILES string of the molecule is CC1CSC(=NCc2ccsc2)NC1C. The molecule has 82 valence electrons. The first-order chi connectivity index (χ1) is 7.25. The molecule has 0 saturated carbocycles. The van der Waals surface area contributed by atoms with Crippen LogP contribution in [0.4, 0.5) is 0 Å². The Balaban J connectivity index is 1.91. The average molecular weight is 240 g/mol. The van der Waals surface area contributed by atoms with Gasteiger partial charge in [0.1, 0.15) is 0 Å². The van der Waals surface area contributed by atoms with Crippen LogP contribution in [0.5, 0.6) is 0 Å². The van der Waals surface area contributed by atoms with Crippen LogP contribution >= 0.6 is 23.1 Å². The van der Waals surface area contributed by atoms with Crippen LogP contribution in [0.3, 0.4) is 0 Å². The number of thiophene rings is 1. The van der Waals surface area contributed by atoms with Crippen molar-refractivity contribution in [1.82, 2.24) is 5.32 Å². The number of hydrogen-bond donors (Lipinski definition) is 1. The van der Waals surface area contributed by atoms with Gasteiger partial charge in [0.2, 0.25) is 0 Å². The van der Waals surface area contributed by atoms with E-state index < -0.39 is 0 Å². The number of amidine groups is 1. The minimum atomic E-state index is 0.549. The maximum Gasteiger partial charge on any atom is 0.157 e. The molecule has 4 heteroatoms. The molecule has 1 aliphatic heterocycles. The van der Waals surface area contributed by atoms with E-state index in [0.717, 1.165) is 17.6 Å². The minimum absolute atomic E-state index is 0.549. The summed E-state index contributed by atoms with van der Waals surface area (Å²) < 4.78 is 0. The summed E-state index contributed by atoms with van der Waals surface area (Å²) in [5, 5.41) is 8.80. The van der Waals surface area contributed by atoms with Gasteiger partial charge < -0.3 is 5.32 Å². The zero-order valence-electron chi connectivity index (χ0n) is 9.06. The third-order valence-electron chi connectivity index (χ3n) is 2.67. The fourth-order valence-corrected chi connectivity index (χ4v) is 3.16. The first kappa shape index (κ1) is 11.0. The summed E-state index contributed by atoms with van der Waals surface area (Å²) in [4.78, 5) is 4.59. The molecule has 0 aromatic carbocycles. The molecular formula is C11H16N2S2. The molecule has 2 heterocycles. The van der Waals surface area contributed by atoms with Crippen LogP contribution in [0.15, 0.2) is 21.8 Å². The Morgan fingerprint density at radius 2 is 2.40 bits per heavy atom. The predicted octanol–water partition coefficient (Wildman–Crippen LogP) is 2.97. The summed E-state index contributed by atoms with van der Waals surface area (Å²) in [6.45, 7) is 5.31. The van der Waals surface area contributed by atoms with Crippen LogP contribution in [0, 0.1) is 5.92 Å². The summed E-state index contributed by atoms with van der Waals surface area (Å²) >= 11 is 3.57. The molecule has 1 fully saturated rings. The van der Waals surface area contributed by atoms with Crippen molar-refractivity contribution in [3.63, 3.8) is 0 Å². The van der Waals surface area contributed by atoms with Gasteiger partial charge in [0.25, 0.3) is 0 Å². The third kappa shape index (κ3) is 2.98. The molecule has 0 bridgehead atoms. The number of nitrogens with one attached hydrogen (secondary N) is 1. The lowest BCUT2D eigenvalue weighted by atomic mass is 10.1. The topological polar surface area (TPSA) is 24.4 Å². The van der Waals surface area contributed by atoms with Crippen LogP contribution in [0.1, 0.15) is 19.4 Å². The second kappa shape index (κ2) is 5.03. The minimum Gasteiger partial charge on any atom is -0.362 e. The molecule has 0 spiro atoms. The molecule has 1 aromatic rings. The van der Waals surface area contributed by atoms with E-state index in [1.165, 1.54) is 11.3 Å². The van der Waals surface area contributed by atoms with E-state index >= 15 is 0 Å². The van der Waals surface area contributed by atoms with Crippen molar-refractivity contribution in [2.45, 2.75) is 26.4 Å². The van der Waals surface area contributed by atoms with Crippen molar-refractivity contribution in [3.05, 3.63) is 22.4 Å². The lowest BCUT2D eigenvalue weighted by Gasteiger charge is -2.28. The van der Waals surface area contributed by atoms with Crippen LogP contribution in [0.25, 0.3) is 0 Å². The lowest BCUT2D eigenvalue weighted by Crippen LogP contribution is -2.41. The largest absolute Gasteiger partial charge is 0.362 e. The highest BCUT2D eigenvalue weighted by Gasteiger charge is 2.20. The highest BCUT2D eigenvalue weighted by atomic mass is 32.2. The van der Waals surface area contributed by atoms with Gasteiger partial charge in [-0.3, -0.25) is 4.99 Å². The Morgan fingerprint density at radius 1 is 1.53 bits per heavy atom. The van der Waals surface area contributed by atoms with Crippen molar-refractivity contribution in [1.29, 1.82) is 0 Å². The normalized spacial score (nSPS) is 29.1. The van der Waals surface area contributed by atoms with Crippen molar-refractivity contribution < 1.29 is 0 Å². The molecule has 1 aromatic heterocycles. The molecule has 2 unspecified atom stereocenters. The van der Waals surface area contributed by atoms with Crippen LogP contribution in [-0.2, 0) is 6.54 Å². The molecule has 2 nitrogen and oxygen atoms in total. The van der Waals surface area contributed by atoms with Crippen molar-refractivity contribution in [2.24, 2.45) is 10.9 Å². The van der Waals surface area contributed by atoms with Crippen LogP contribution < -0.4 is 5.32 Å². The number of thioether (sulfide) groups is 1. The number of rotatable bonds is 2. The maximum atomic E-state index is 4.59. The summed E-state index contributed by atoms with van der Waals surface area (Å²) in [5.41, 5.74) is 1.31. The van der Waals surface area contributed by atoms with Gasteiger partial charge in [-0.2, -0.15) is 11.3 Å². The lowest BCUT2D eigenvalue weighted by molar-refractivity contribution is 0.490. The van der Waals surface area contributed by atoms with Gasteiger partial charge in [-0.1, -0.05) is 18.7 Å². The van der Waals surface area contributed by atoms with Gasteiger partial charge in [0, 0.05) is 11.8 Å². The molecular weight excluding hydrogens is 224 g/mol. The fraction of sp³-hybridized carbons (Fsp3) is 0.545. The first-order valence-electron chi connectivity index (χ1n) is 5.20. The van der Waals surface area contributed by atoms with Gasteiger partial charge in [-0.25, -0.2) is 0 Å². The Morgan fingerprint density at radius 3 is 3.07 bits per heavy atom. The Hall–Kier alpha value is -0.480. The van der Waals surface area contributed by atoms with Crippen LogP contribution in [-0.4, -0.2) is 17.0 Å². The first-order valence-corrected chi connectivity index (χ1v) is 7.13. The second-order valence-corrected chi connectivity index (χ2v) is 5.76. The molecule has 1 N–H and O–H groups in total. The van der Waals surface area contributed by atoms with E-state index in [-0.39, 0.29) is 0 Å². The predicted molar refractivity (Wildman–Crippen MR) is 69.7 cm³/mol. The van der Waals surface area contributed by atoms with E-state index in [2.05, 4.69) is 41.0 Å². The number of nitrogens with zero attached hydrogens (tertiary/aromatic N) is 1. The van der Waals surface area contributed by atoms with Crippen molar-refractivity contribution in [3.8, 4) is 0 Å². The number of hydrogen-bond acceptors (Lipinski definition) is 3. The molecule has 0 radical (unpaired) electrons. The van der Waals surface area contributed by atoms with Crippen LogP contribution in [0.2, 0.25) is 0 Å². The van der Waals surface area contributed by atoms with Crippen molar-refractivity contribution >= 4 is 28.3 Å². The van der Waals surface area contributed by atoms with E-state index in [9.17, 15) is 0 Å². The molecule has 1 saturated heterocycles. The molecule has 0 aliphatic carbocycles. The van der Waals surface area contributed by atoms with E-state index in [1.807, 2.05) is 11.8 Å².